The number of thioether (sulfide) groups is 1. The number of hydrogen-bond acceptors (Lipinski definition) is 7. The molecule has 2 saturated heterocycles. The van der Waals surface area contributed by atoms with Gasteiger partial charge in [0.05, 0.1) is 15.1 Å². The molecule has 218 valence electrons. The van der Waals surface area contributed by atoms with Crippen LogP contribution in [0.1, 0.15) is 18.1 Å². The standard InChI is InChI=1S/C31H29FIN3O5S/c1-2-40-26-17-21(16-25(33)29(26)41-20-22-8-6-7-11-24(22)32)18-27-30(38)36(31(39)42-27)19-28(37)35-14-12-34(13-15-35)23-9-4-3-5-10-23/h3-11,16-18H,2,12-15,19-20H2,1H3/b27-18+. The number of carbonyl (C=O) groups excluding carboxylic acids is 3. The highest BCUT2D eigenvalue weighted by molar-refractivity contribution is 14.1. The van der Waals surface area contributed by atoms with Crippen LogP contribution in [-0.2, 0) is 16.2 Å². The molecule has 0 N–H and O–H groups in total. The largest absolute Gasteiger partial charge is 0.490 e. The number of halogens is 2. The Morgan fingerprint density at radius 3 is 2.43 bits per heavy atom. The lowest BCUT2D eigenvalue weighted by Gasteiger charge is -2.36. The van der Waals surface area contributed by atoms with E-state index in [4.69, 9.17) is 9.47 Å². The van der Waals surface area contributed by atoms with E-state index in [1.807, 2.05) is 37.3 Å². The summed E-state index contributed by atoms with van der Waals surface area (Å²) in [5, 5.41) is -0.480. The maximum atomic E-state index is 14.1. The van der Waals surface area contributed by atoms with Gasteiger partial charge in [-0.2, -0.15) is 0 Å². The Hall–Kier alpha value is -3.58. The van der Waals surface area contributed by atoms with Gasteiger partial charge in [0.25, 0.3) is 11.1 Å². The van der Waals surface area contributed by atoms with Crippen LogP contribution in [-0.4, -0.2) is 66.2 Å². The van der Waals surface area contributed by atoms with Crippen molar-refractivity contribution < 1.29 is 28.2 Å². The van der Waals surface area contributed by atoms with Crippen LogP contribution in [0.15, 0.2) is 71.6 Å². The number of amides is 3. The molecule has 8 nitrogen and oxygen atoms in total. The molecule has 0 aromatic heterocycles. The molecular weight excluding hydrogens is 672 g/mol. The van der Waals surface area contributed by atoms with Crippen LogP contribution in [0.5, 0.6) is 11.5 Å². The smallest absolute Gasteiger partial charge is 0.294 e. The summed E-state index contributed by atoms with van der Waals surface area (Å²) in [6.07, 6.45) is 1.61. The number of piperazine rings is 1. The van der Waals surface area contributed by atoms with Gasteiger partial charge in [0, 0.05) is 37.4 Å². The second-order valence-corrected chi connectivity index (χ2v) is 11.8. The van der Waals surface area contributed by atoms with Crippen LogP contribution in [0.25, 0.3) is 6.08 Å². The Bertz CT molecular complexity index is 1510. The molecule has 42 heavy (non-hydrogen) atoms. The van der Waals surface area contributed by atoms with E-state index in [9.17, 15) is 18.8 Å². The van der Waals surface area contributed by atoms with Gasteiger partial charge in [0.2, 0.25) is 5.91 Å². The van der Waals surface area contributed by atoms with Gasteiger partial charge in [-0.3, -0.25) is 19.3 Å². The molecule has 5 rings (SSSR count). The quantitative estimate of drug-likeness (QED) is 0.207. The van der Waals surface area contributed by atoms with Crippen molar-refractivity contribution in [1.29, 1.82) is 0 Å². The Balaban J connectivity index is 1.24. The van der Waals surface area contributed by atoms with Crippen molar-refractivity contribution in [3.63, 3.8) is 0 Å². The number of para-hydroxylation sites is 1. The first kappa shape index (κ1) is 29.9. The Morgan fingerprint density at radius 1 is 1.00 bits per heavy atom. The highest BCUT2D eigenvalue weighted by Gasteiger charge is 2.37. The molecule has 0 spiro atoms. The molecule has 2 aliphatic rings. The molecule has 0 aliphatic carbocycles. The minimum atomic E-state index is -0.505. The number of nitrogens with zero attached hydrogens (tertiary/aromatic N) is 3. The average Bonchev–Trinajstić information content (AvgIpc) is 3.25. The second kappa shape index (κ2) is 13.6. The second-order valence-electron chi connectivity index (χ2n) is 9.61. The van der Waals surface area contributed by atoms with Crippen molar-refractivity contribution in [1.82, 2.24) is 9.80 Å². The van der Waals surface area contributed by atoms with E-state index in [0.29, 0.717) is 59.0 Å². The normalized spacial score (nSPS) is 16.4. The van der Waals surface area contributed by atoms with Gasteiger partial charge >= 0.3 is 0 Å². The lowest BCUT2D eigenvalue weighted by atomic mass is 10.1. The van der Waals surface area contributed by atoms with E-state index >= 15 is 0 Å². The van der Waals surface area contributed by atoms with Gasteiger partial charge in [-0.25, -0.2) is 4.39 Å². The van der Waals surface area contributed by atoms with Gasteiger partial charge in [-0.15, -0.1) is 0 Å². The molecule has 0 atom stereocenters. The van der Waals surface area contributed by atoms with E-state index in [0.717, 1.165) is 22.3 Å². The highest BCUT2D eigenvalue weighted by atomic mass is 127. The third-order valence-corrected chi connectivity index (χ3v) is 8.59. The molecule has 0 bridgehead atoms. The fraction of sp³-hybridized carbons (Fsp3) is 0.258. The Kier molecular flexibility index (Phi) is 9.68. The molecule has 3 aromatic carbocycles. The number of hydrogen-bond donors (Lipinski definition) is 0. The minimum Gasteiger partial charge on any atom is -0.490 e. The van der Waals surface area contributed by atoms with Gasteiger partial charge in [0.15, 0.2) is 11.5 Å². The zero-order valence-electron chi connectivity index (χ0n) is 22.9. The molecular formula is C31H29FIN3O5S. The summed E-state index contributed by atoms with van der Waals surface area (Å²) < 4.78 is 26.5. The van der Waals surface area contributed by atoms with Gasteiger partial charge < -0.3 is 19.3 Å². The minimum absolute atomic E-state index is 0.0241. The highest BCUT2D eigenvalue weighted by Crippen LogP contribution is 2.38. The van der Waals surface area contributed by atoms with Crippen LogP contribution < -0.4 is 14.4 Å². The molecule has 3 amide bonds. The zero-order valence-corrected chi connectivity index (χ0v) is 25.9. The molecule has 0 saturated carbocycles. The van der Waals surface area contributed by atoms with Crippen molar-refractivity contribution in [3.8, 4) is 11.5 Å². The molecule has 2 aliphatic heterocycles. The predicted octanol–water partition coefficient (Wildman–Crippen LogP) is 5.79. The molecule has 11 heteroatoms. The lowest BCUT2D eigenvalue weighted by Crippen LogP contribution is -2.51. The molecule has 0 radical (unpaired) electrons. The number of rotatable bonds is 9. The van der Waals surface area contributed by atoms with Crippen molar-refractivity contribution in [2.75, 3.05) is 44.2 Å². The fourth-order valence-corrected chi connectivity index (χ4v) is 6.33. The summed E-state index contributed by atoms with van der Waals surface area (Å²) in [4.78, 5) is 44.1. The summed E-state index contributed by atoms with van der Waals surface area (Å²) in [5.74, 6) is -0.212. The lowest BCUT2D eigenvalue weighted by molar-refractivity contribution is -0.136. The summed E-state index contributed by atoms with van der Waals surface area (Å²) >= 11 is 2.90. The average molecular weight is 702 g/mol. The van der Waals surface area contributed by atoms with Crippen molar-refractivity contribution in [3.05, 3.63) is 92.1 Å². The van der Waals surface area contributed by atoms with Crippen LogP contribution in [0.2, 0.25) is 0 Å². The number of anilines is 1. The van der Waals surface area contributed by atoms with Crippen molar-refractivity contribution in [2.45, 2.75) is 13.5 Å². The van der Waals surface area contributed by atoms with Gasteiger partial charge in [-0.1, -0.05) is 36.4 Å². The van der Waals surface area contributed by atoms with Crippen LogP contribution in [0.3, 0.4) is 0 Å². The summed E-state index contributed by atoms with van der Waals surface area (Å²) in [6.45, 7) is 4.33. The summed E-state index contributed by atoms with van der Waals surface area (Å²) in [7, 11) is 0. The van der Waals surface area contributed by atoms with Gasteiger partial charge in [0.1, 0.15) is 19.0 Å². The topological polar surface area (TPSA) is 79.4 Å². The summed E-state index contributed by atoms with van der Waals surface area (Å²) in [6, 6.07) is 19.9. The zero-order chi connectivity index (χ0) is 29.6. The van der Waals surface area contributed by atoms with E-state index in [1.165, 1.54) is 6.07 Å². The number of carbonyl (C=O) groups is 3. The summed E-state index contributed by atoms with van der Waals surface area (Å²) in [5.41, 5.74) is 2.16. The first-order chi connectivity index (χ1) is 20.3. The maximum Gasteiger partial charge on any atom is 0.294 e. The molecule has 2 heterocycles. The monoisotopic (exact) mass is 701 g/mol. The van der Waals surface area contributed by atoms with Crippen LogP contribution in [0, 0.1) is 9.39 Å². The molecule has 0 unspecified atom stereocenters. The van der Waals surface area contributed by atoms with Crippen molar-refractivity contribution in [2.24, 2.45) is 0 Å². The van der Waals surface area contributed by atoms with Gasteiger partial charge in [-0.05, 0) is 83.2 Å². The number of benzene rings is 3. The Morgan fingerprint density at radius 2 is 1.71 bits per heavy atom. The number of ether oxygens (including phenoxy) is 2. The van der Waals surface area contributed by atoms with E-state index < -0.39 is 11.1 Å². The van der Waals surface area contributed by atoms with E-state index in [1.54, 1.807) is 41.3 Å². The molecule has 3 aromatic rings. The first-order valence-corrected chi connectivity index (χ1v) is 15.4. The first-order valence-electron chi connectivity index (χ1n) is 13.5. The fourth-order valence-electron chi connectivity index (χ4n) is 4.72. The van der Waals surface area contributed by atoms with E-state index in [2.05, 4.69) is 27.5 Å². The maximum absolute atomic E-state index is 14.1. The van der Waals surface area contributed by atoms with Crippen LogP contribution >= 0.6 is 34.4 Å². The van der Waals surface area contributed by atoms with Crippen LogP contribution in [0.4, 0.5) is 14.9 Å². The molecule has 2 fully saturated rings. The third-order valence-electron chi connectivity index (χ3n) is 6.88. The SMILES string of the molecule is CCOc1cc(/C=C2/SC(=O)N(CC(=O)N3CCN(c4ccccc4)CC3)C2=O)cc(I)c1OCc1ccccc1F. The van der Waals surface area contributed by atoms with Crippen molar-refractivity contribution >= 4 is 63.2 Å². The third kappa shape index (κ3) is 6.89. The number of imide groups is 1. The van der Waals surface area contributed by atoms with E-state index in [-0.39, 0.29) is 29.8 Å². The predicted molar refractivity (Wildman–Crippen MR) is 169 cm³/mol. The Labute approximate surface area is 261 Å².